The summed E-state index contributed by atoms with van der Waals surface area (Å²) in [5.41, 5.74) is 6.16. The second-order valence-electron chi connectivity index (χ2n) is 7.24. The molecule has 1 aliphatic heterocycles. The summed E-state index contributed by atoms with van der Waals surface area (Å²) in [6, 6.07) is 10.2. The fourth-order valence-corrected chi connectivity index (χ4v) is 3.04. The van der Waals surface area contributed by atoms with Crippen molar-refractivity contribution in [1.29, 1.82) is 0 Å². The van der Waals surface area contributed by atoms with Gasteiger partial charge in [0.25, 0.3) is 0 Å². The minimum Gasteiger partial charge on any atom is -0.455 e. The van der Waals surface area contributed by atoms with Gasteiger partial charge >= 0.3 is 6.01 Å². The van der Waals surface area contributed by atoms with E-state index in [4.69, 9.17) is 9.47 Å². The molecule has 0 spiro atoms. The topological polar surface area (TPSA) is 97.7 Å². The molecule has 0 saturated carbocycles. The van der Waals surface area contributed by atoms with E-state index in [0.29, 0.717) is 24.9 Å². The number of aromatic nitrogens is 4. The van der Waals surface area contributed by atoms with Gasteiger partial charge in [0, 0.05) is 31.5 Å². The average Bonchev–Trinajstić information content (AvgIpc) is 2.79. The van der Waals surface area contributed by atoms with Crippen LogP contribution in [0.4, 0.5) is 11.6 Å². The summed E-state index contributed by atoms with van der Waals surface area (Å²) in [6.07, 6.45) is 5.26. The molecule has 3 heterocycles. The highest BCUT2D eigenvalue weighted by molar-refractivity contribution is 5.80. The highest BCUT2D eigenvalue weighted by Crippen LogP contribution is 2.21. The van der Waals surface area contributed by atoms with E-state index in [1.165, 1.54) is 5.56 Å². The Morgan fingerprint density at radius 3 is 2.68 bits per heavy atom. The lowest BCUT2D eigenvalue weighted by molar-refractivity contribution is 0.122. The molecule has 1 saturated heterocycles. The fourth-order valence-electron chi connectivity index (χ4n) is 3.04. The highest BCUT2D eigenvalue weighted by Gasteiger charge is 2.16. The molecule has 0 unspecified atom stereocenters. The summed E-state index contributed by atoms with van der Waals surface area (Å²) >= 11 is 0. The van der Waals surface area contributed by atoms with Crippen LogP contribution in [0.2, 0.25) is 0 Å². The van der Waals surface area contributed by atoms with Gasteiger partial charge in [0.1, 0.15) is 5.82 Å². The molecule has 1 aromatic carbocycles. The Kier molecular flexibility index (Phi) is 6.63. The van der Waals surface area contributed by atoms with Crippen molar-refractivity contribution < 1.29 is 9.47 Å². The average molecular weight is 419 g/mol. The lowest BCUT2D eigenvalue weighted by atomic mass is 10.2. The molecule has 1 fully saturated rings. The minimum absolute atomic E-state index is 0.179. The number of nitrogens with one attached hydrogen (secondary N) is 1. The van der Waals surface area contributed by atoms with Crippen molar-refractivity contribution in [1.82, 2.24) is 19.9 Å². The second-order valence-corrected chi connectivity index (χ2v) is 7.24. The van der Waals surface area contributed by atoms with Gasteiger partial charge in [-0.2, -0.15) is 15.1 Å². The van der Waals surface area contributed by atoms with Crippen molar-refractivity contribution in [3.63, 3.8) is 0 Å². The third-order valence-electron chi connectivity index (χ3n) is 4.63. The van der Waals surface area contributed by atoms with Gasteiger partial charge in [0.05, 0.1) is 19.4 Å². The van der Waals surface area contributed by atoms with E-state index < -0.39 is 0 Å². The number of benzene rings is 1. The Bertz CT molecular complexity index is 1030. The third kappa shape index (κ3) is 5.95. The lowest BCUT2D eigenvalue weighted by Gasteiger charge is -2.28. The quantitative estimate of drug-likeness (QED) is 0.461. The molecular formula is C22H25N7O2. The monoisotopic (exact) mass is 419 g/mol. The number of aryl methyl sites for hydroxylation is 2. The van der Waals surface area contributed by atoms with E-state index in [1.54, 1.807) is 18.6 Å². The van der Waals surface area contributed by atoms with Crippen molar-refractivity contribution in [2.75, 3.05) is 36.6 Å². The number of rotatable bonds is 7. The Balaban J connectivity index is 1.51. The summed E-state index contributed by atoms with van der Waals surface area (Å²) in [5.74, 6) is 1.87. The molecule has 1 N–H and O–H groups in total. The smallest absolute Gasteiger partial charge is 0.320 e. The number of hydrazone groups is 1. The van der Waals surface area contributed by atoms with Gasteiger partial charge in [-0.15, -0.1) is 0 Å². The standard InChI is InChI=1S/C22H25N7O2/c1-16-4-3-5-18(10-16)14-25-28-19-11-21(29-6-8-30-9-7-29)27-22(26-19)31-15-20-23-12-17(2)13-24-20/h3-5,10-14H,6-9,15H2,1-2H3,(H,26,27,28)/b25-14+. The maximum atomic E-state index is 5.79. The zero-order chi connectivity index (χ0) is 21.5. The summed E-state index contributed by atoms with van der Waals surface area (Å²) < 4.78 is 11.2. The van der Waals surface area contributed by atoms with E-state index in [1.807, 2.05) is 38.1 Å². The van der Waals surface area contributed by atoms with Crippen molar-refractivity contribution in [3.05, 3.63) is 65.2 Å². The molecule has 31 heavy (non-hydrogen) atoms. The van der Waals surface area contributed by atoms with Crippen LogP contribution >= 0.6 is 0 Å². The number of anilines is 2. The normalized spacial score (nSPS) is 14.1. The molecule has 0 bridgehead atoms. The van der Waals surface area contributed by atoms with Gasteiger partial charge < -0.3 is 14.4 Å². The summed E-state index contributed by atoms with van der Waals surface area (Å²) in [5, 5.41) is 4.32. The predicted octanol–water partition coefficient (Wildman–Crippen LogP) is 2.75. The van der Waals surface area contributed by atoms with Crippen LogP contribution in [0.3, 0.4) is 0 Å². The van der Waals surface area contributed by atoms with Gasteiger partial charge in [-0.3, -0.25) is 5.43 Å². The van der Waals surface area contributed by atoms with Gasteiger partial charge in [-0.05, 0) is 25.0 Å². The first-order chi connectivity index (χ1) is 15.2. The lowest BCUT2D eigenvalue weighted by Crippen LogP contribution is -2.36. The summed E-state index contributed by atoms with van der Waals surface area (Å²) in [6.45, 7) is 6.99. The third-order valence-corrected chi connectivity index (χ3v) is 4.63. The van der Waals surface area contributed by atoms with Crippen molar-refractivity contribution in [2.45, 2.75) is 20.5 Å². The molecule has 9 nitrogen and oxygen atoms in total. The van der Waals surface area contributed by atoms with Gasteiger partial charge in [0.2, 0.25) is 0 Å². The van der Waals surface area contributed by atoms with E-state index in [2.05, 4.69) is 41.4 Å². The van der Waals surface area contributed by atoms with E-state index in [-0.39, 0.29) is 12.6 Å². The van der Waals surface area contributed by atoms with E-state index >= 15 is 0 Å². The zero-order valence-corrected chi connectivity index (χ0v) is 17.7. The van der Waals surface area contributed by atoms with Crippen LogP contribution in [0, 0.1) is 13.8 Å². The van der Waals surface area contributed by atoms with Crippen LogP contribution in [-0.2, 0) is 11.3 Å². The number of hydrogen-bond acceptors (Lipinski definition) is 9. The molecule has 4 rings (SSSR count). The van der Waals surface area contributed by atoms with Crippen molar-refractivity contribution in [2.24, 2.45) is 5.10 Å². The Hall–Kier alpha value is -3.59. The second kappa shape index (κ2) is 9.94. The molecule has 1 aliphatic rings. The Morgan fingerprint density at radius 1 is 1.10 bits per heavy atom. The molecule has 160 valence electrons. The van der Waals surface area contributed by atoms with Gasteiger partial charge in [-0.25, -0.2) is 9.97 Å². The number of nitrogens with zero attached hydrogens (tertiary/aromatic N) is 6. The Labute approximate surface area is 181 Å². The molecular weight excluding hydrogens is 394 g/mol. The SMILES string of the molecule is Cc1cnc(COc2nc(N/N=C/c3cccc(C)c3)cc(N3CCOCC3)n2)nc1. The maximum absolute atomic E-state index is 5.79. The maximum Gasteiger partial charge on any atom is 0.320 e. The van der Waals surface area contributed by atoms with Gasteiger partial charge in [0.15, 0.2) is 18.2 Å². The molecule has 3 aromatic rings. The van der Waals surface area contributed by atoms with Crippen molar-refractivity contribution in [3.8, 4) is 6.01 Å². The first-order valence-corrected chi connectivity index (χ1v) is 10.1. The molecule has 0 amide bonds. The van der Waals surface area contributed by atoms with Crippen LogP contribution in [0.15, 0.2) is 47.8 Å². The number of ether oxygens (including phenoxy) is 2. The fraction of sp³-hybridized carbons (Fsp3) is 0.318. The molecule has 2 aromatic heterocycles. The molecule has 0 radical (unpaired) electrons. The largest absolute Gasteiger partial charge is 0.455 e. The highest BCUT2D eigenvalue weighted by atomic mass is 16.5. The van der Waals surface area contributed by atoms with E-state index in [0.717, 1.165) is 30.0 Å². The molecule has 0 atom stereocenters. The zero-order valence-electron chi connectivity index (χ0n) is 17.7. The van der Waals surface area contributed by atoms with Crippen LogP contribution in [0.5, 0.6) is 6.01 Å². The number of hydrogen-bond donors (Lipinski definition) is 1. The molecule has 9 heteroatoms. The Morgan fingerprint density at radius 2 is 1.90 bits per heavy atom. The van der Waals surface area contributed by atoms with Crippen LogP contribution in [0.25, 0.3) is 0 Å². The molecule has 0 aliphatic carbocycles. The van der Waals surface area contributed by atoms with Crippen molar-refractivity contribution >= 4 is 17.9 Å². The predicted molar refractivity (Wildman–Crippen MR) is 119 cm³/mol. The van der Waals surface area contributed by atoms with Crippen LogP contribution in [0.1, 0.15) is 22.5 Å². The minimum atomic E-state index is 0.179. The number of morpholine rings is 1. The van der Waals surface area contributed by atoms with Gasteiger partial charge in [-0.1, -0.05) is 29.8 Å². The van der Waals surface area contributed by atoms with Crippen LogP contribution < -0.4 is 15.1 Å². The van der Waals surface area contributed by atoms with E-state index in [9.17, 15) is 0 Å². The summed E-state index contributed by atoms with van der Waals surface area (Å²) in [4.78, 5) is 19.7. The first-order valence-electron chi connectivity index (χ1n) is 10.1. The first kappa shape index (κ1) is 20.7. The van der Waals surface area contributed by atoms with Crippen LogP contribution in [-0.4, -0.2) is 52.5 Å². The summed E-state index contributed by atoms with van der Waals surface area (Å²) in [7, 11) is 0.